The number of sulfonamides is 1. The molecule has 0 aromatic carbocycles. The van der Waals surface area contributed by atoms with Crippen molar-refractivity contribution in [1.29, 1.82) is 0 Å². The second-order valence-electron chi connectivity index (χ2n) is 3.30. The lowest BCUT2D eigenvalue weighted by atomic mass is 10.2. The zero-order chi connectivity index (χ0) is 11.8. The average Bonchev–Trinajstić information content (AvgIpc) is 2.63. The molecule has 1 unspecified atom stereocenters. The molecular formula is C7H10N6O2S. The summed E-state index contributed by atoms with van der Waals surface area (Å²) in [5, 5.41) is 7.64. The van der Waals surface area contributed by atoms with Crippen LogP contribution < -0.4 is 10.9 Å². The van der Waals surface area contributed by atoms with Crippen molar-refractivity contribution >= 4 is 15.8 Å². The van der Waals surface area contributed by atoms with Crippen molar-refractivity contribution in [2.45, 2.75) is 11.8 Å². The van der Waals surface area contributed by atoms with Crippen molar-refractivity contribution in [2.75, 3.05) is 0 Å². The highest BCUT2D eigenvalue weighted by Crippen LogP contribution is 2.04. The van der Waals surface area contributed by atoms with E-state index in [9.17, 15) is 8.42 Å². The van der Waals surface area contributed by atoms with E-state index in [1.54, 1.807) is 6.20 Å². The van der Waals surface area contributed by atoms with E-state index >= 15 is 0 Å². The van der Waals surface area contributed by atoms with E-state index in [1.165, 1.54) is 17.0 Å². The molecule has 0 aliphatic carbocycles. The Bertz CT molecular complexity index is 606. The highest BCUT2D eigenvalue weighted by atomic mass is 32.2. The number of hydrogen-bond donors (Lipinski definition) is 2. The lowest BCUT2D eigenvalue weighted by Gasteiger charge is -2.08. The molecule has 0 saturated carbocycles. The maximum atomic E-state index is 10.9. The Morgan fingerprint density at radius 3 is 2.88 bits per heavy atom. The number of nitrogens with two attached hydrogens (primary N) is 2. The Hall–Kier alpha value is -1.58. The molecule has 9 heteroatoms. The van der Waals surface area contributed by atoms with Crippen LogP contribution in [0.1, 0.15) is 5.56 Å². The van der Waals surface area contributed by atoms with Crippen LogP contribution in [-0.2, 0) is 16.4 Å². The smallest absolute Gasteiger partial charge is 0.252 e. The van der Waals surface area contributed by atoms with Gasteiger partial charge in [-0.3, -0.25) is 0 Å². The maximum Gasteiger partial charge on any atom is 0.252 e. The number of nitrogens with zero attached hydrogens (tertiary/aromatic N) is 4. The van der Waals surface area contributed by atoms with Gasteiger partial charge in [0.15, 0.2) is 0 Å². The van der Waals surface area contributed by atoms with Gasteiger partial charge in [-0.25, -0.2) is 23.1 Å². The Morgan fingerprint density at radius 2 is 2.19 bits per heavy atom. The van der Waals surface area contributed by atoms with E-state index < -0.39 is 15.4 Å². The van der Waals surface area contributed by atoms with E-state index in [2.05, 4.69) is 15.1 Å². The molecule has 8 nitrogen and oxygen atoms in total. The third-order valence-corrected chi connectivity index (χ3v) is 3.06. The van der Waals surface area contributed by atoms with Crippen molar-refractivity contribution in [1.82, 2.24) is 19.6 Å². The van der Waals surface area contributed by atoms with E-state index in [4.69, 9.17) is 10.9 Å². The molecule has 2 rings (SSSR count). The first-order valence-electron chi connectivity index (χ1n) is 4.38. The van der Waals surface area contributed by atoms with Crippen LogP contribution in [-0.4, -0.2) is 33.4 Å². The standard InChI is InChI=1S/C7H10N6O2S/c8-6(16(9,14)15)1-5-2-10-7-11-4-12-13(7)3-5/h2-4,6H,1,8H2,(H2,9,14,15). The second-order valence-corrected chi connectivity index (χ2v) is 5.08. The Labute approximate surface area is 91.3 Å². The summed E-state index contributed by atoms with van der Waals surface area (Å²) in [5.41, 5.74) is 6.04. The third kappa shape index (κ3) is 2.15. The normalized spacial score (nSPS) is 14.1. The summed E-state index contributed by atoms with van der Waals surface area (Å²) in [6.07, 6.45) is 4.54. The van der Waals surface area contributed by atoms with E-state index in [0.717, 1.165) is 0 Å². The summed E-state index contributed by atoms with van der Waals surface area (Å²) in [6, 6.07) is 0. The fraction of sp³-hybridized carbons (Fsp3) is 0.286. The van der Waals surface area contributed by atoms with Crippen molar-refractivity contribution < 1.29 is 8.42 Å². The predicted octanol–water partition coefficient (Wildman–Crippen LogP) is -1.76. The summed E-state index contributed by atoms with van der Waals surface area (Å²) in [4.78, 5) is 7.83. The SMILES string of the molecule is NC(Cc1cnc2ncnn2c1)S(N)(=O)=O. The van der Waals surface area contributed by atoms with Gasteiger partial charge in [0.1, 0.15) is 11.7 Å². The molecule has 0 spiro atoms. The molecule has 2 aromatic heterocycles. The van der Waals surface area contributed by atoms with Gasteiger partial charge in [0.25, 0.3) is 5.78 Å². The van der Waals surface area contributed by atoms with Gasteiger partial charge in [0.05, 0.1) is 0 Å². The van der Waals surface area contributed by atoms with E-state index in [-0.39, 0.29) is 6.42 Å². The summed E-state index contributed by atoms with van der Waals surface area (Å²) in [5.74, 6) is 0.438. The second kappa shape index (κ2) is 3.77. The highest BCUT2D eigenvalue weighted by Gasteiger charge is 2.17. The lowest BCUT2D eigenvalue weighted by molar-refractivity contribution is 0.581. The van der Waals surface area contributed by atoms with Crippen LogP contribution in [0.15, 0.2) is 18.7 Å². The molecule has 0 amide bonds. The van der Waals surface area contributed by atoms with Gasteiger partial charge in [0.2, 0.25) is 10.0 Å². The largest absolute Gasteiger partial charge is 0.314 e. The molecule has 0 aliphatic rings. The molecule has 16 heavy (non-hydrogen) atoms. The minimum Gasteiger partial charge on any atom is -0.314 e. The number of aromatic nitrogens is 4. The molecule has 1 atom stereocenters. The van der Waals surface area contributed by atoms with Crippen LogP contribution in [0.3, 0.4) is 0 Å². The van der Waals surface area contributed by atoms with Gasteiger partial charge in [-0.15, -0.1) is 0 Å². The molecule has 0 radical (unpaired) electrons. The number of hydrogen-bond acceptors (Lipinski definition) is 6. The molecule has 4 N–H and O–H groups in total. The molecule has 0 fully saturated rings. The number of fused-ring (bicyclic) bond motifs is 1. The first-order chi connectivity index (χ1) is 7.47. The Morgan fingerprint density at radius 1 is 1.44 bits per heavy atom. The van der Waals surface area contributed by atoms with Crippen molar-refractivity contribution in [3.63, 3.8) is 0 Å². The monoisotopic (exact) mass is 242 g/mol. The van der Waals surface area contributed by atoms with Crippen molar-refractivity contribution in [3.8, 4) is 0 Å². The van der Waals surface area contributed by atoms with Gasteiger partial charge >= 0.3 is 0 Å². The number of primary sulfonamides is 1. The fourth-order valence-corrected chi connectivity index (χ4v) is 1.64. The van der Waals surface area contributed by atoms with Crippen LogP contribution in [0.25, 0.3) is 5.78 Å². The van der Waals surface area contributed by atoms with E-state index in [0.29, 0.717) is 11.3 Å². The van der Waals surface area contributed by atoms with Gasteiger partial charge in [-0.1, -0.05) is 0 Å². The zero-order valence-electron chi connectivity index (χ0n) is 8.18. The van der Waals surface area contributed by atoms with Gasteiger partial charge < -0.3 is 5.73 Å². The summed E-state index contributed by atoms with van der Waals surface area (Å²) >= 11 is 0. The summed E-state index contributed by atoms with van der Waals surface area (Å²) in [6.45, 7) is 0. The van der Waals surface area contributed by atoms with Crippen molar-refractivity contribution in [2.24, 2.45) is 10.9 Å². The quantitative estimate of drug-likeness (QED) is 0.655. The zero-order valence-corrected chi connectivity index (χ0v) is 9.00. The lowest BCUT2D eigenvalue weighted by Crippen LogP contribution is -2.37. The molecule has 0 bridgehead atoms. The minimum atomic E-state index is -3.74. The van der Waals surface area contributed by atoms with Crippen LogP contribution in [0, 0.1) is 0 Å². The summed E-state index contributed by atoms with van der Waals surface area (Å²) in [7, 11) is -3.74. The molecule has 86 valence electrons. The molecule has 0 saturated heterocycles. The van der Waals surface area contributed by atoms with Crippen LogP contribution >= 0.6 is 0 Å². The maximum absolute atomic E-state index is 10.9. The van der Waals surface area contributed by atoms with Crippen LogP contribution in [0.5, 0.6) is 0 Å². The minimum absolute atomic E-state index is 0.0850. The van der Waals surface area contributed by atoms with Gasteiger partial charge in [-0.2, -0.15) is 10.1 Å². The Kier molecular flexibility index (Phi) is 2.58. The summed E-state index contributed by atoms with van der Waals surface area (Å²) < 4.78 is 23.3. The third-order valence-electron chi connectivity index (χ3n) is 2.05. The van der Waals surface area contributed by atoms with Crippen molar-refractivity contribution in [3.05, 3.63) is 24.3 Å². The highest BCUT2D eigenvalue weighted by molar-refractivity contribution is 7.89. The predicted molar refractivity (Wildman–Crippen MR) is 55.6 cm³/mol. The fourth-order valence-electron chi connectivity index (χ4n) is 1.21. The van der Waals surface area contributed by atoms with Crippen LogP contribution in [0.4, 0.5) is 0 Å². The van der Waals surface area contributed by atoms with E-state index in [1.807, 2.05) is 0 Å². The first-order valence-corrected chi connectivity index (χ1v) is 5.99. The van der Waals surface area contributed by atoms with Crippen LogP contribution in [0.2, 0.25) is 0 Å². The van der Waals surface area contributed by atoms with Gasteiger partial charge in [-0.05, 0) is 5.56 Å². The molecule has 0 aliphatic heterocycles. The molecular weight excluding hydrogens is 232 g/mol. The van der Waals surface area contributed by atoms with Gasteiger partial charge in [0, 0.05) is 18.8 Å². The molecule has 2 heterocycles. The number of rotatable bonds is 3. The molecule has 2 aromatic rings. The first kappa shape index (κ1) is 10.9. The Balaban J connectivity index is 2.27. The average molecular weight is 242 g/mol. The topological polar surface area (TPSA) is 129 Å².